The van der Waals surface area contributed by atoms with Gasteiger partial charge in [0.1, 0.15) is 0 Å². The van der Waals surface area contributed by atoms with E-state index >= 15 is 0 Å². The van der Waals surface area contributed by atoms with Crippen molar-refractivity contribution in [1.29, 1.82) is 0 Å². The van der Waals surface area contributed by atoms with Crippen molar-refractivity contribution in [2.45, 2.75) is 13.0 Å². The number of aromatic nitrogens is 2. The molecule has 5 heteroatoms. The van der Waals surface area contributed by atoms with E-state index in [0.717, 1.165) is 11.1 Å². The van der Waals surface area contributed by atoms with Crippen LogP contribution < -0.4 is 11.2 Å². The number of aromatic amines is 1. The molecule has 5 nitrogen and oxygen atoms in total. The first-order valence-corrected chi connectivity index (χ1v) is 6.17. The Kier molecular flexibility index (Phi) is 4.53. The summed E-state index contributed by atoms with van der Waals surface area (Å²) in [6.45, 7) is 0.445. The standard InChI is InChI=1S/C15H14N2O3/c18-10-2-1-3-12-4-6-13(7-5-12)11-17-9-8-14(19)16-15(17)20/h4-9,18H,2,10-11H2,(H,16,19,20). The Hall–Kier alpha value is -2.58. The van der Waals surface area contributed by atoms with Crippen molar-refractivity contribution in [3.8, 4) is 11.8 Å². The van der Waals surface area contributed by atoms with Gasteiger partial charge in [0.2, 0.25) is 0 Å². The van der Waals surface area contributed by atoms with Crippen LogP contribution in [0.4, 0.5) is 0 Å². The van der Waals surface area contributed by atoms with Crippen molar-refractivity contribution < 1.29 is 5.11 Å². The van der Waals surface area contributed by atoms with E-state index in [2.05, 4.69) is 16.8 Å². The minimum Gasteiger partial charge on any atom is -0.395 e. The zero-order chi connectivity index (χ0) is 14.4. The second kappa shape index (κ2) is 6.55. The van der Waals surface area contributed by atoms with Gasteiger partial charge in [-0.3, -0.25) is 14.3 Å². The average Bonchev–Trinajstić information content (AvgIpc) is 2.44. The lowest BCUT2D eigenvalue weighted by Gasteiger charge is -2.04. The Morgan fingerprint density at radius 3 is 2.55 bits per heavy atom. The van der Waals surface area contributed by atoms with Gasteiger partial charge in [0.05, 0.1) is 13.2 Å². The number of aliphatic hydroxyl groups is 1. The van der Waals surface area contributed by atoms with Crippen LogP contribution >= 0.6 is 0 Å². The summed E-state index contributed by atoms with van der Waals surface area (Å²) in [4.78, 5) is 24.7. The maximum atomic E-state index is 11.5. The predicted octanol–water partition coefficient (Wildman–Crippen LogP) is 0.319. The molecule has 0 aliphatic carbocycles. The van der Waals surface area contributed by atoms with E-state index < -0.39 is 11.2 Å². The molecule has 2 aromatic rings. The van der Waals surface area contributed by atoms with E-state index in [0.29, 0.717) is 13.0 Å². The molecule has 0 radical (unpaired) electrons. The van der Waals surface area contributed by atoms with Gasteiger partial charge in [-0.15, -0.1) is 0 Å². The Morgan fingerprint density at radius 2 is 1.90 bits per heavy atom. The Labute approximate surface area is 115 Å². The van der Waals surface area contributed by atoms with Crippen LogP contribution in [0.1, 0.15) is 17.5 Å². The number of hydrogen-bond donors (Lipinski definition) is 2. The summed E-state index contributed by atoms with van der Waals surface area (Å²) in [5.41, 5.74) is 0.966. The molecule has 0 aliphatic heterocycles. The van der Waals surface area contributed by atoms with Crippen molar-refractivity contribution in [3.63, 3.8) is 0 Å². The lowest BCUT2D eigenvalue weighted by atomic mass is 10.1. The van der Waals surface area contributed by atoms with E-state index in [9.17, 15) is 9.59 Å². The first-order valence-electron chi connectivity index (χ1n) is 6.17. The third-order valence-corrected chi connectivity index (χ3v) is 2.67. The topological polar surface area (TPSA) is 75.1 Å². The summed E-state index contributed by atoms with van der Waals surface area (Å²) in [6.07, 6.45) is 1.92. The van der Waals surface area contributed by atoms with Crippen LogP contribution in [0.15, 0.2) is 46.1 Å². The molecular formula is C15H14N2O3. The van der Waals surface area contributed by atoms with Crippen molar-refractivity contribution in [2.75, 3.05) is 6.61 Å². The van der Waals surface area contributed by atoms with Gasteiger partial charge < -0.3 is 5.11 Å². The molecule has 0 saturated carbocycles. The number of nitrogens with zero attached hydrogens (tertiary/aromatic N) is 1. The van der Waals surface area contributed by atoms with Crippen LogP contribution in [-0.2, 0) is 6.54 Å². The first kappa shape index (κ1) is 13.8. The zero-order valence-corrected chi connectivity index (χ0v) is 10.8. The molecule has 0 saturated heterocycles. The molecule has 2 rings (SSSR count). The maximum absolute atomic E-state index is 11.5. The van der Waals surface area contributed by atoms with Gasteiger partial charge in [-0.05, 0) is 17.7 Å². The van der Waals surface area contributed by atoms with Gasteiger partial charge in [0.15, 0.2) is 0 Å². The largest absolute Gasteiger partial charge is 0.395 e. The number of H-pyrrole nitrogens is 1. The molecule has 102 valence electrons. The molecule has 20 heavy (non-hydrogen) atoms. The number of benzene rings is 1. The lowest BCUT2D eigenvalue weighted by Crippen LogP contribution is -2.28. The molecule has 0 bridgehead atoms. The van der Waals surface area contributed by atoms with Gasteiger partial charge >= 0.3 is 5.69 Å². The Bertz CT molecular complexity index is 745. The minimum atomic E-state index is -0.427. The summed E-state index contributed by atoms with van der Waals surface area (Å²) in [5.74, 6) is 5.77. The zero-order valence-electron chi connectivity index (χ0n) is 10.8. The highest BCUT2D eigenvalue weighted by Gasteiger charge is 1.98. The molecule has 0 aliphatic rings. The second-order valence-corrected chi connectivity index (χ2v) is 4.21. The van der Waals surface area contributed by atoms with Crippen molar-refractivity contribution in [1.82, 2.24) is 9.55 Å². The molecule has 0 amide bonds. The third kappa shape index (κ3) is 3.70. The van der Waals surface area contributed by atoms with Gasteiger partial charge in [-0.1, -0.05) is 24.0 Å². The van der Waals surface area contributed by atoms with Gasteiger partial charge in [0.25, 0.3) is 5.56 Å². The monoisotopic (exact) mass is 270 g/mol. The summed E-state index contributed by atoms with van der Waals surface area (Å²) < 4.78 is 1.42. The highest BCUT2D eigenvalue weighted by Crippen LogP contribution is 2.04. The van der Waals surface area contributed by atoms with Gasteiger partial charge in [-0.2, -0.15) is 0 Å². The summed E-state index contributed by atoms with van der Waals surface area (Å²) in [7, 11) is 0. The maximum Gasteiger partial charge on any atom is 0.328 e. The smallest absolute Gasteiger partial charge is 0.328 e. The van der Waals surface area contributed by atoms with Crippen LogP contribution in [0.2, 0.25) is 0 Å². The van der Waals surface area contributed by atoms with E-state index in [1.165, 1.54) is 16.8 Å². The van der Waals surface area contributed by atoms with Crippen LogP contribution in [0.3, 0.4) is 0 Å². The van der Waals surface area contributed by atoms with E-state index in [-0.39, 0.29) is 6.61 Å². The summed E-state index contributed by atoms with van der Waals surface area (Å²) in [6, 6.07) is 8.78. The fourth-order valence-electron chi connectivity index (χ4n) is 1.68. The highest BCUT2D eigenvalue weighted by molar-refractivity contribution is 5.36. The number of nitrogens with one attached hydrogen (secondary N) is 1. The summed E-state index contributed by atoms with van der Waals surface area (Å²) in [5, 5.41) is 8.64. The van der Waals surface area contributed by atoms with E-state index in [4.69, 9.17) is 5.11 Å². The molecule has 0 fully saturated rings. The highest BCUT2D eigenvalue weighted by atomic mass is 16.2. The molecule has 0 unspecified atom stereocenters. The minimum absolute atomic E-state index is 0.0558. The van der Waals surface area contributed by atoms with Crippen molar-refractivity contribution in [3.05, 3.63) is 68.5 Å². The van der Waals surface area contributed by atoms with Gasteiger partial charge in [-0.25, -0.2) is 4.79 Å². The molecule has 1 heterocycles. The van der Waals surface area contributed by atoms with Crippen LogP contribution in [-0.4, -0.2) is 21.3 Å². The van der Waals surface area contributed by atoms with Crippen molar-refractivity contribution >= 4 is 0 Å². The fraction of sp³-hybridized carbons (Fsp3) is 0.200. The number of aliphatic hydroxyl groups excluding tert-OH is 1. The van der Waals surface area contributed by atoms with E-state index in [1.54, 1.807) is 0 Å². The van der Waals surface area contributed by atoms with Crippen LogP contribution in [0, 0.1) is 11.8 Å². The summed E-state index contributed by atoms with van der Waals surface area (Å²) >= 11 is 0. The SMILES string of the molecule is O=c1ccn(Cc2ccc(C#CCCO)cc2)c(=O)[nH]1. The lowest BCUT2D eigenvalue weighted by molar-refractivity contribution is 0.305. The van der Waals surface area contributed by atoms with Crippen molar-refractivity contribution in [2.24, 2.45) is 0 Å². The van der Waals surface area contributed by atoms with Crippen LogP contribution in [0.25, 0.3) is 0 Å². The fourth-order valence-corrected chi connectivity index (χ4v) is 1.68. The van der Waals surface area contributed by atoms with Gasteiger partial charge in [0, 0.05) is 24.2 Å². The normalized spacial score (nSPS) is 9.85. The number of hydrogen-bond acceptors (Lipinski definition) is 3. The number of rotatable bonds is 3. The molecule has 1 aromatic carbocycles. The molecule has 1 aromatic heterocycles. The molecular weight excluding hydrogens is 256 g/mol. The molecule has 2 N–H and O–H groups in total. The molecule has 0 spiro atoms. The Morgan fingerprint density at radius 1 is 1.15 bits per heavy atom. The quantitative estimate of drug-likeness (QED) is 0.789. The first-order chi connectivity index (χ1) is 9.69. The van der Waals surface area contributed by atoms with Crippen LogP contribution in [0.5, 0.6) is 0 Å². The van der Waals surface area contributed by atoms with E-state index in [1.807, 2.05) is 24.3 Å². The second-order valence-electron chi connectivity index (χ2n) is 4.21. The average molecular weight is 270 g/mol. The predicted molar refractivity (Wildman–Crippen MR) is 75.4 cm³/mol. The molecule has 0 atom stereocenters. The Balaban J connectivity index is 2.13. The third-order valence-electron chi connectivity index (χ3n) is 2.67.